The number of rotatable bonds is 3. The molecule has 0 aliphatic carbocycles. The van der Waals surface area contributed by atoms with Crippen LogP contribution in [0.2, 0.25) is 0 Å². The number of halogens is 1. The SMILES string of the molecule is O=C(Nc1cccc(Br)c1)c1nc(-c2cnccn2)no1. The summed E-state index contributed by atoms with van der Waals surface area (Å²) in [6.07, 6.45) is 4.53. The fraction of sp³-hybridized carbons (Fsp3) is 0. The monoisotopic (exact) mass is 345 g/mol. The van der Waals surface area contributed by atoms with Crippen LogP contribution in [-0.2, 0) is 0 Å². The van der Waals surface area contributed by atoms with Crippen LogP contribution in [0.25, 0.3) is 11.5 Å². The Morgan fingerprint density at radius 3 is 2.95 bits per heavy atom. The number of amides is 1. The molecule has 0 aliphatic rings. The van der Waals surface area contributed by atoms with Gasteiger partial charge < -0.3 is 9.84 Å². The number of benzene rings is 1. The normalized spacial score (nSPS) is 10.3. The predicted octanol–water partition coefficient (Wildman–Crippen LogP) is 2.54. The van der Waals surface area contributed by atoms with E-state index in [1.54, 1.807) is 18.2 Å². The highest BCUT2D eigenvalue weighted by molar-refractivity contribution is 9.10. The lowest BCUT2D eigenvalue weighted by Crippen LogP contribution is -2.12. The first-order valence-corrected chi connectivity index (χ1v) is 6.69. The molecule has 3 aromatic rings. The van der Waals surface area contributed by atoms with Crippen LogP contribution >= 0.6 is 15.9 Å². The third-order valence-electron chi connectivity index (χ3n) is 2.50. The predicted molar refractivity (Wildman–Crippen MR) is 77.4 cm³/mol. The molecule has 21 heavy (non-hydrogen) atoms. The number of hydrogen-bond donors (Lipinski definition) is 1. The average molecular weight is 346 g/mol. The molecular formula is C13H8BrN5O2. The molecule has 0 saturated heterocycles. The van der Waals surface area contributed by atoms with Crippen molar-refractivity contribution in [1.82, 2.24) is 20.1 Å². The maximum Gasteiger partial charge on any atom is 0.316 e. The summed E-state index contributed by atoms with van der Waals surface area (Å²) in [5.41, 5.74) is 1.05. The smallest absolute Gasteiger partial charge is 0.316 e. The lowest BCUT2D eigenvalue weighted by atomic mass is 10.3. The van der Waals surface area contributed by atoms with Crippen molar-refractivity contribution in [1.29, 1.82) is 0 Å². The largest absolute Gasteiger partial charge is 0.328 e. The highest BCUT2D eigenvalue weighted by Gasteiger charge is 2.17. The fourth-order valence-corrected chi connectivity index (χ4v) is 1.98. The third kappa shape index (κ3) is 3.11. The van der Waals surface area contributed by atoms with E-state index < -0.39 is 5.91 Å². The second-order valence-electron chi connectivity index (χ2n) is 3.98. The molecule has 0 bridgehead atoms. The van der Waals surface area contributed by atoms with E-state index >= 15 is 0 Å². The van der Waals surface area contributed by atoms with Crippen molar-refractivity contribution in [3.63, 3.8) is 0 Å². The Balaban J connectivity index is 1.78. The van der Waals surface area contributed by atoms with E-state index in [0.29, 0.717) is 11.4 Å². The summed E-state index contributed by atoms with van der Waals surface area (Å²) in [6.45, 7) is 0. The molecule has 0 fully saturated rings. The molecule has 0 saturated carbocycles. The van der Waals surface area contributed by atoms with Crippen LogP contribution in [0.15, 0.2) is 51.9 Å². The molecular weight excluding hydrogens is 338 g/mol. The molecule has 3 rings (SSSR count). The zero-order valence-electron chi connectivity index (χ0n) is 10.5. The van der Waals surface area contributed by atoms with Crippen molar-refractivity contribution >= 4 is 27.5 Å². The Morgan fingerprint density at radius 2 is 2.19 bits per heavy atom. The second-order valence-corrected chi connectivity index (χ2v) is 4.89. The Labute approximate surface area is 127 Å². The van der Waals surface area contributed by atoms with E-state index in [9.17, 15) is 4.79 Å². The first-order chi connectivity index (χ1) is 10.2. The van der Waals surface area contributed by atoms with Gasteiger partial charge in [0.2, 0.25) is 5.82 Å². The molecule has 0 radical (unpaired) electrons. The number of nitrogens with zero attached hydrogens (tertiary/aromatic N) is 4. The van der Waals surface area contributed by atoms with Gasteiger partial charge in [0.15, 0.2) is 0 Å². The summed E-state index contributed by atoms with van der Waals surface area (Å²) in [6, 6.07) is 7.17. The van der Waals surface area contributed by atoms with Gasteiger partial charge in [-0.3, -0.25) is 9.78 Å². The first kappa shape index (κ1) is 13.4. The summed E-state index contributed by atoms with van der Waals surface area (Å²) in [4.78, 5) is 23.9. The molecule has 2 heterocycles. The number of anilines is 1. The van der Waals surface area contributed by atoms with E-state index in [1.165, 1.54) is 18.6 Å². The average Bonchev–Trinajstić information content (AvgIpc) is 2.98. The maximum atomic E-state index is 12.0. The molecule has 104 valence electrons. The van der Waals surface area contributed by atoms with Crippen LogP contribution in [0.4, 0.5) is 5.69 Å². The Bertz CT molecular complexity index is 775. The van der Waals surface area contributed by atoms with Gasteiger partial charge >= 0.3 is 11.8 Å². The van der Waals surface area contributed by atoms with E-state index in [0.717, 1.165) is 4.47 Å². The quantitative estimate of drug-likeness (QED) is 0.783. The zero-order chi connectivity index (χ0) is 14.7. The molecule has 1 N–H and O–H groups in total. The highest BCUT2D eigenvalue weighted by Crippen LogP contribution is 2.17. The minimum absolute atomic E-state index is 0.143. The molecule has 0 spiro atoms. The third-order valence-corrected chi connectivity index (χ3v) is 2.99. The van der Waals surface area contributed by atoms with Gasteiger partial charge in [-0.15, -0.1) is 0 Å². The molecule has 1 amide bonds. The highest BCUT2D eigenvalue weighted by atomic mass is 79.9. The summed E-state index contributed by atoms with van der Waals surface area (Å²) < 4.78 is 5.78. The summed E-state index contributed by atoms with van der Waals surface area (Å²) in [7, 11) is 0. The first-order valence-electron chi connectivity index (χ1n) is 5.89. The van der Waals surface area contributed by atoms with Crippen LogP contribution in [0.5, 0.6) is 0 Å². The van der Waals surface area contributed by atoms with Gasteiger partial charge in [-0.1, -0.05) is 27.2 Å². The Hall–Kier alpha value is -2.61. The molecule has 0 atom stereocenters. The summed E-state index contributed by atoms with van der Waals surface area (Å²) in [5.74, 6) is -0.422. The van der Waals surface area contributed by atoms with Crippen molar-refractivity contribution < 1.29 is 9.32 Å². The van der Waals surface area contributed by atoms with Crippen LogP contribution in [0.1, 0.15) is 10.7 Å². The summed E-state index contributed by atoms with van der Waals surface area (Å²) in [5, 5.41) is 6.37. The second kappa shape index (κ2) is 5.80. The summed E-state index contributed by atoms with van der Waals surface area (Å²) >= 11 is 3.33. The fourth-order valence-electron chi connectivity index (χ4n) is 1.59. The number of carbonyl (C=O) groups excluding carboxylic acids is 1. The van der Waals surface area contributed by atoms with E-state index in [4.69, 9.17) is 4.52 Å². The lowest BCUT2D eigenvalue weighted by Gasteiger charge is -2.01. The van der Waals surface area contributed by atoms with E-state index in [2.05, 4.69) is 41.4 Å². The standard InChI is InChI=1S/C13H8BrN5O2/c14-8-2-1-3-9(6-8)17-12(20)13-18-11(19-21-13)10-7-15-4-5-16-10/h1-7H,(H,17,20). The van der Waals surface area contributed by atoms with Gasteiger partial charge in [0.1, 0.15) is 5.69 Å². The molecule has 8 heteroatoms. The topological polar surface area (TPSA) is 93.8 Å². The minimum Gasteiger partial charge on any atom is -0.328 e. The number of hydrogen-bond acceptors (Lipinski definition) is 6. The Kier molecular flexibility index (Phi) is 3.69. The molecule has 0 aliphatic heterocycles. The van der Waals surface area contributed by atoms with Crippen molar-refractivity contribution in [2.75, 3.05) is 5.32 Å². The lowest BCUT2D eigenvalue weighted by molar-refractivity contribution is 0.0981. The minimum atomic E-state index is -0.490. The van der Waals surface area contributed by atoms with Gasteiger partial charge in [-0.25, -0.2) is 4.98 Å². The molecule has 7 nitrogen and oxygen atoms in total. The van der Waals surface area contributed by atoms with Crippen molar-refractivity contribution in [2.24, 2.45) is 0 Å². The Morgan fingerprint density at radius 1 is 1.29 bits per heavy atom. The number of nitrogens with one attached hydrogen (secondary N) is 1. The number of carbonyl (C=O) groups is 1. The van der Waals surface area contributed by atoms with Crippen LogP contribution in [-0.4, -0.2) is 26.0 Å². The van der Waals surface area contributed by atoms with Crippen LogP contribution in [0.3, 0.4) is 0 Å². The number of aromatic nitrogens is 4. The molecule has 0 unspecified atom stereocenters. The van der Waals surface area contributed by atoms with Crippen LogP contribution < -0.4 is 5.32 Å². The van der Waals surface area contributed by atoms with Gasteiger partial charge in [-0.2, -0.15) is 4.98 Å². The van der Waals surface area contributed by atoms with Crippen molar-refractivity contribution in [3.8, 4) is 11.5 Å². The van der Waals surface area contributed by atoms with Gasteiger partial charge in [0.05, 0.1) is 6.20 Å². The zero-order valence-corrected chi connectivity index (χ0v) is 12.1. The van der Waals surface area contributed by atoms with Crippen LogP contribution in [0, 0.1) is 0 Å². The van der Waals surface area contributed by atoms with E-state index in [-0.39, 0.29) is 11.7 Å². The van der Waals surface area contributed by atoms with Gasteiger partial charge in [-0.05, 0) is 18.2 Å². The van der Waals surface area contributed by atoms with Gasteiger partial charge in [0.25, 0.3) is 0 Å². The molecule has 2 aromatic heterocycles. The molecule has 1 aromatic carbocycles. The maximum absolute atomic E-state index is 12.0. The van der Waals surface area contributed by atoms with Crippen molar-refractivity contribution in [3.05, 3.63) is 53.2 Å². The van der Waals surface area contributed by atoms with Crippen molar-refractivity contribution in [2.45, 2.75) is 0 Å². The van der Waals surface area contributed by atoms with Gasteiger partial charge in [0, 0.05) is 22.6 Å². The van der Waals surface area contributed by atoms with E-state index in [1.807, 2.05) is 6.07 Å².